The van der Waals surface area contributed by atoms with Crippen LogP contribution in [0.15, 0.2) is 472 Å². The molecule has 16 heterocycles. The second kappa shape index (κ2) is 28.7. The minimum atomic E-state index is 0.126. The highest BCUT2D eigenvalue weighted by Crippen LogP contribution is 2.66. The van der Waals surface area contributed by atoms with Gasteiger partial charge in [-0.3, -0.25) is 0 Å². The van der Waals surface area contributed by atoms with Crippen LogP contribution in [0.2, 0.25) is 0 Å². The summed E-state index contributed by atoms with van der Waals surface area (Å²) >= 11 is 0. The zero-order chi connectivity index (χ0) is 96.7. The van der Waals surface area contributed by atoms with E-state index in [0.717, 1.165) is 12.8 Å². The first kappa shape index (κ1) is 79.5. The normalized spacial score (nSPS) is 17.5. The van der Waals surface area contributed by atoms with Crippen molar-refractivity contribution in [2.75, 3.05) is 9.80 Å². The molecule has 40 rings (SSSR count). The Morgan fingerprint density at radius 2 is 0.433 bits per heavy atom. The zero-order valence-corrected chi connectivity index (χ0v) is 81.4. The molecular formula is C144H86N6. The van der Waals surface area contributed by atoms with E-state index in [1.54, 1.807) is 0 Å². The maximum absolute atomic E-state index is 2.70. The topological polar surface area (TPSA) is 26.2 Å². The molecule has 14 aliphatic rings. The van der Waals surface area contributed by atoms with E-state index in [2.05, 4.69) is 489 Å². The van der Waals surface area contributed by atoms with Crippen LogP contribution in [-0.4, -0.2) is 18.3 Å². The van der Waals surface area contributed by atoms with E-state index in [9.17, 15) is 0 Å². The number of para-hydroxylation sites is 8. The van der Waals surface area contributed by atoms with Crippen molar-refractivity contribution in [2.24, 2.45) is 0 Å². The molecule has 6 nitrogen and oxygen atoms in total. The average Bonchev–Trinajstić information content (AvgIpc) is 1.51. The third-order valence-electron chi connectivity index (χ3n) is 36.8. The Kier molecular flexibility index (Phi) is 15.2. The molecule has 0 N–H and O–H groups in total. The van der Waals surface area contributed by atoms with Gasteiger partial charge in [0.25, 0.3) is 0 Å². The SMILES string of the molecule is C1=CC2=C(C1)N1c3ccccc3-c3ccccc3C1c1ccccc12.C1=CC2=C(C1)c1ccccc1C1c3ccccc3-c3ccccc3N21.c1ccc2c(c1)-c1cccc3c4cc5c6c7c(cc5c5c4n(c13)C2c1ccccc1-5)c1cccc2c1n7C(c1ccccc1-2)c1ccccc1-6.c1ccc2c(c1)-c1cccc3c4cccc5c4n(c13)C2c1ccc2c3c(ccc2c1-5)C1c2ccccc2-c2cccc4c5cccc-3c5n1c24. The van der Waals surface area contributed by atoms with Gasteiger partial charge in [0.05, 0.1) is 80.4 Å². The van der Waals surface area contributed by atoms with Gasteiger partial charge in [0, 0.05) is 133 Å². The summed E-state index contributed by atoms with van der Waals surface area (Å²) in [5.74, 6) is 0. The van der Waals surface area contributed by atoms with E-state index in [4.69, 9.17) is 0 Å². The van der Waals surface area contributed by atoms with Gasteiger partial charge in [-0.2, -0.15) is 0 Å². The second-order valence-corrected chi connectivity index (χ2v) is 43.2. The van der Waals surface area contributed by atoms with E-state index in [1.165, 1.54) is 332 Å². The molecule has 0 bridgehead atoms. The maximum atomic E-state index is 2.70. The molecule has 26 aromatic rings. The van der Waals surface area contributed by atoms with Crippen molar-refractivity contribution in [3.8, 4) is 111 Å². The minimum Gasteiger partial charge on any atom is -0.332 e. The van der Waals surface area contributed by atoms with Crippen molar-refractivity contribution in [1.82, 2.24) is 18.3 Å². The highest BCUT2D eigenvalue weighted by atomic mass is 15.2. The van der Waals surface area contributed by atoms with Crippen LogP contribution in [-0.2, 0) is 0 Å². The van der Waals surface area contributed by atoms with E-state index in [1.807, 2.05) is 0 Å². The van der Waals surface area contributed by atoms with Crippen LogP contribution in [0, 0.1) is 0 Å². The lowest BCUT2D eigenvalue weighted by Crippen LogP contribution is -2.35. The van der Waals surface area contributed by atoms with Crippen LogP contribution in [0.5, 0.6) is 0 Å². The van der Waals surface area contributed by atoms with Crippen LogP contribution in [0.25, 0.3) is 231 Å². The maximum Gasteiger partial charge on any atom is 0.0857 e. The summed E-state index contributed by atoms with van der Waals surface area (Å²) in [7, 11) is 0. The van der Waals surface area contributed by atoms with Gasteiger partial charge in [-0.15, -0.1) is 0 Å². The molecule has 0 saturated carbocycles. The lowest BCUT2D eigenvalue weighted by Gasteiger charge is -2.45. The molecule has 2 aliphatic carbocycles. The Morgan fingerprint density at radius 1 is 0.160 bits per heavy atom. The molecular weight excluding hydrogens is 1810 g/mol. The predicted octanol–water partition coefficient (Wildman–Crippen LogP) is 36.4. The first-order chi connectivity index (χ1) is 74.6. The molecule has 150 heavy (non-hydrogen) atoms. The van der Waals surface area contributed by atoms with Crippen LogP contribution >= 0.6 is 0 Å². The Morgan fingerprint density at radius 3 is 0.840 bits per heavy atom. The number of allylic oxidation sites excluding steroid dienone is 6. The second-order valence-electron chi connectivity index (χ2n) is 43.2. The Hall–Kier alpha value is -18.9. The van der Waals surface area contributed by atoms with Gasteiger partial charge < -0.3 is 28.1 Å². The van der Waals surface area contributed by atoms with E-state index in [0.29, 0.717) is 0 Å². The summed E-state index contributed by atoms with van der Waals surface area (Å²) in [6, 6.07) is 166. The fraction of sp³-hybridized carbons (Fsp3) is 0.0556. The molecule has 0 saturated heterocycles. The monoisotopic (exact) mass is 1900 g/mol. The third-order valence-corrected chi connectivity index (χ3v) is 36.8. The molecule has 6 heteroatoms. The smallest absolute Gasteiger partial charge is 0.0857 e. The van der Waals surface area contributed by atoms with Crippen LogP contribution < -0.4 is 9.80 Å². The standard InChI is InChI=1S/2C48H26N2.2C24H17N/c1-5-15-29-25(11-1)31-19-9-21-35-39-23-37-38(41-27-13-3-7-17-33(27)43(29)49(45(31)35)47(39)41)24-40-36-22-10-20-32-26-12-2-6-16-30(26)44-34-18-8-4-14-28(34)42(37)48(40)50(44)46(32)36;1-3-11-29-25(9-1)31-13-5-15-33-35-17-7-19-37-41-27-22-24-40-42(28(27)21-23-39(41)45(29)49(43(31)33)47(35)37)38-20-8-18-36-34-16-6-14-32-26-10-2-4-12-30(26)46(40)50(44(32)34)48(36)38;2*1-3-11-20-16(8-1)18-10-5-6-14-22(18)25-23-15-7-13-19(23)17-9-2-4-12-21(17)24(20)25/h1-24,43-44H;1-24,45-46H;1-12,14-15,24H,13H2;1-14,24H,15H2. The summed E-state index contributed by atoms with van der Waals surface area (Å²) in [5.41, 5.74) is 65.9. The van der Waals surface area contributed by atoms with Crippen molar-refractivity contribution in [2.45, 2.75) is 49.1 Å². The molecule has 6 unspecified atom stereocenters. The van der Waals surface area contributed by atoms with Crippen molar-refractivity contribution < 1.29 is 0 Å². The highest BCUT2D eigenvalue weighted by Gasteiger charge is 2.48. The quantitative estimate of drug-likeness (QED) is 0.151. The molecule has 0 spiro atoms. The van der Waals surface area contributed by atoms with E-state index in [-0.39, 0.29) is 36.3 Å². The fourth-order valence-electron chi connectivity index (χ4n) is 31.4. The molecule has 0 amide bonds. The first-order valence-corrected chi connectivity index (χ1v) is 53.3. The Labute approximate surface area is 863 Å². The molecule has 0 radical (unpaired) electrons. The summed E-state index contributed by atoms with van der Waals surface area (Å²) in [4.78, 5) is 5.13. The minimum absolute atomic E-state index is 0.126. The van der Waals surface area contributed by atoms with Crippen LogP contribution in [0.4, 0.5) is 11.4 Å². The molecule has 12 aliphatic heterocycles. The van der Waals surface area contributed by atoms with Gasteiger partial charge in [0.1, 0.15) is 0 Å². The van der Waals surface area contributed by atoms with Gasteiger partial charge in [0.15, 0.2) is 0 Å². The molecule has 692 valence electrons. The summed E-state index contributed by atoms with van der Waals surface area (Å²) in [6.07, 6.45) is 11.2. The third kappa shape index (κ3) is 9.71. The predicted molar refractivity (Wildman–Crippen MR) is 619 cm³/mol. The van der Waals surface area contributed by atoms with Crippen molar-refractivity contribution >= 4 is 131 Å². The molecule has 4 aromatic heterocycles. The van der Waals surface area contributed by atoms with Gasteiger partial charge >= 0.3 is 0 Å². The van der Waals surface area contributed by atoms with Crippen molar-refractivity contribution in [3.63, 3.8) is 0 Å². The summed E-state index contributed by atoms with van der Waals surface area (Å²) in [6.45, 7) is 0. The van der Waals surface area contributed by atoms with Gasteiger partial charge in [0.2, 0.25) is 0 Å². The molecule has 22 aromatic carbocycles. The van der Waals surface area contributed by atoms with Crippen LogP contribution in [0.3, 0.4) is 0 Å². The molecule has 6 atom stereocenters. The number of rotatable bonds is 0. The Balaban J connectivity index is 0.0000000852. The summed E-state index contributed by atoms with van der Waals surface area (Å²) in [5, 5.41) is 16.2. The number of nitrogens with zero attached hydrogens (tertiary/aromatic N) is 6. The van der Waals surface area contributed by atoms with Gasteiger partial charge in [-0.25, -0.2) is 0 Å². The number of anilines is 2. The molecule has 0 fully saturated rings. The lowest BCUT2D eigenvalue weighted by atomic mass is 9.77. The Bertz CT molecular complexity index is 10600. The van der Waals surface area contributed by atoms with E-state index < -0.39 is 0 Å². The lowest BCUT2D eigenvalue weighted by molar-refractivity contribution is 0.716. The van der Waals surface area contributed by atoms with E-state index >= 15 is 0 Å². The average molecular weight is 1900 g/mol. The number of aromatic nitrogens is 4. The number of hydrogen-bond donors (Lipinski definition) is 0. The number of fused-ring (bicyclic) bond motifs is 54. The number of benzene rings is 22. The van der Waals surface area contributed by atoms with Crippen molar-refractivity contribution in [1.29, 1.82) is 0 Å². The highest BCUT2D eigenvalue weighted by molar-refractivity contribution is 6.33. The zero-order valence-electron chi connectivity index (χ0n) is 81.4. The fourth-order valence-corrected chi connectivity index (χ4v) is 31.4. The van der Waals surface area contributed by atoms with Crippen molar-refractivity contribution in [3.05, 3.63) is 550 Å². The number of hydrogen-bond acceptors (Lipinski definition) is 2. The van der Waals surface area contributed by atoms with Gasteiger partial charge in [-0.1, -0.05) is 431 Å². The first-order valence-electron chi connectivity index (χ1n) is 53.3. The van der Waals surface area contributed by atoms with Gasteiger partial charge in [-0.05, 0) is 197 Å². The largest absolute Gasteiger partial charge is 0.332 e. The summed E-state index contributed by atoms with van der Waals surface area (Å²) < 4.78 is 10.7. The van der Waals surface area contributed by atoms with Crippen LogP contribution in [0.1, 0.15) is 127 Å².